The highest BCUT2D eigenvalue weighted by Gasteiger charge is 2.08. The van der Waals surface area contributed by atoms with Gasteiger partial charge in [0.05, 0.1) is 0 Å². The van der Waals surface area contributed by atoms with Gasteiger partial charge in [-0.15, -0.1) is 24.0 Å². The lowest BCUT2D eigenvalue weighted by Gasteiger charge is -2.23. The normalized spacial score (nSPS) is 11.4. The minimum atomic E-state index is 0. The summed E-state index contributed by atoms with van der Waals surface area (Å²) in [5.74, 6) is 1.50. The van der Waals surface area contributed by atoms with Crippen LogP contribution in [-0.4, -0.2) is 50.5 Å². The number of aliphatic imine (C=N–C) groups is 1. The number of halogens is 1. The van der Waals surface area contributed by atoms with Gasteiger partial charge >= 0.3 is 0 Å². The quantitative estimate of drug-likeness (QED) is 0.465. The molecule has 98 valence electrons. The lowest BCUT2D eigenvalue weighted by Crippen LogP contribution is -2.35. The van der Waals surface area contributed by atoms with E-state index in [1.54, 1.807) is 11.3 Å². The van der Waals surface area contributed by atoms with Crippen LogP contribution in [-0.2, 0) is 0 Å². The molecule has 0 saturated carbocycles. The van der Waals surface area contributed by atoms with Crippen LogP contribution in [0, 0.1) is 0 Å². The molecule has 1 heterocycles. The van der Waals surface area contributed by atoms with E-state index in [1.165, 1.54) is 5.56 Å². The summed E-state index contributed by atoms with van der Waals surface area (Å²) in [5.41, 5.74) is 1.38. The molecule has 5 heteroatoms. The van der Waals surface area contributed by atoms with Crippen LogP contribution in [0.15, 0.2) is 21.8 Å². The van der Waals surface area contributed by atoms with Crippen molar-refractivity contribution in [3.63, 3.8) is 0 Å². The van der Waals surface area contributed by atoms with Gasteiger partial charge in [-0.05, 0) is 22.4 Å². The van der Waals surface area contributed by atoms with Crippen LogP contribution in [0.4, 0.5) is 0 Å². The molecule has 0 aliphatic rings. The molecule has 0 N–H and O–H groups in total. The second kappa shape index (κ2) is 7.92. The Bertz CT molecular complexity index is 324. The van der Waals surface area contributed by atoms with Crippen LogP contribution in [0.25, 0.3) is 0 Å². The number of hydrogen-bond donors (Lipinski definition) is 0. The standard InChI is InChI=1S/C12H21N3S.HI/c1-10(11-6-7-16-9-11)8-13-12(14(2)3)15(4)5;/h6-7,9-10H,8H2,1-5H3;1H. The summed E-state index contributed by atoms with van der Waals surface area (Å²) < 4.78 is 0. The van der Waals surface area contributed by atoms with E-state index >= 15 is 0 Å². The number of rotatable bonds is 3. The lowest BCUT2D eigenvalue weighted by molar-refractivity contribution is 0.478. The maximum Gasteiger partial charge on any atom is 0.195 e. The van der Waals surface area contributed by atoms with Gasteiger partial charge in [-0.2, -0.15) is 11.3 Å². The van der Waals surface area contributed by atoms with Crippen molar-refractivity contribution in [1.82, 2.24) is 9.80 Å². The van der Waals surface area contributed by atoms with Crippen molar-refractivity contribution in [1.29, 1.82) is 0 Å². The monoisotopic (exact) mass is 367 g/mol. The van der Waals surface area contributed by atoms with Crippen LogP contribution in [0.3, 0.4) is 0 Å². The summed E-state index contributed by atoms with van der Waals surface area (Å²) in [4.78, 5) is 8.74. The van der Waals surface area contributed by atoms with Gasteiger partial charge in [0, 0.05) is 40.7 Å². The highest BCUT2D eigenvalue weighted by atomic mass is 127. The van der Waals surface area contributed by atoms with E-state index in [1.807, 2.05) is 38.0 Å². The van der Waals surface area contributed by atoms with E-state index in [4.69, 9.17) is 0 Å². The van der Waals surface area contributed by atoms with Crippen molar-refractivity contribution in [3.8, 4) is 0 Å². The molecule has 1 atom stereocenters. The summed E-state index contributed by atoms with van der Waals surface area (Å²) in [6, 6.07) is 2.18. The summed E-state index contributed by atoms with van der Waals surface area (Å²) in [6.07, 6.45) is 0. The highest BCUT2D eigenvalue weighted by molar-refractivity contribution is 14.0. The Balaban J connectivity index is 0.00000256. The van der Waals surface area contributed by atoms with Gasteiger partial charge in [-0.25, -0.2) is 0 Å². The highest BCUT2D eigenvalue weighted by Crippen LogP contribution is 2.18. The van der Waals surface area contributed by atoms with Crippen molar-refractivity contribution in [3.05, 3.63) is 22.4 Å². The molecule has 1 rings (SSSR count). The molecule has 3 nitrogen and oxygen atoms in total. The second-order valence-electron chi connectivity index (χ2n) is 4.39. The molecule has 0 aliphatic heterocycles. The lowest BCUT2D eigenvalue weighted by atomic mass is 10.1. The SMILES string of the molecule is CC(CN=C(N(C)C)N(C)C)c1ccsc1.I. The molecule has 0 aromatic carbocycles. The molecule has 17 heavy (non-hydrogen) atoms. The molecule has 0 aliphatic carbocycles. The van der Waals surface area contributed by atoms with Crippen molar-refractivity contribution >= 4 is 41.3 Å². The van der Waals surface area contributed by atoms with Gasteiger partial charge in [0.1, 0.15) is 0 Å². The third-order valence-electron chi connectivity index (χ3n) is 2.42. The number of guanidine groups is 1. The number of nitrogens with zero attached hydrogens (tertiary/aromatic N) is 3. The van der Waals surface area contributed by atoms with Crippen molar-refractivity contribution < 1.29 is 0 Å². The molecule has 0 saturated heterocycles. The smallest absolute Gasteiger partial charge is 0.195 e. The Hall–Kier alpha value is -0.300. The molecule has 0 fully saturated rings. The minimum absolute atomic E-state index is 0. The largest absolute Gasteiger partial charge is 0.349 e. The van der Waals surface area contributed by atoms with E-state index in [-0.39, 0.29) is 24.0 Å². The van der Waals surface area contributed by atoms with Gasteiger partial charge in [-0.3, -0.25) is 4.99 Å². The van der Waals surface area contributed by atoms with Crippen molar-refractivity contribution in [2.75, 3.05) is 34.7 Å². The molecule has 0 radical (unpaired) electrons. The van der Waals surface area contributed by atoms with Crippen molar-refractivity contribution in [2.45, 2.75) is 12.8 Å². The van der Waals surface area contributed by atoms with Crippen LogP contribution in [0.5, 0.6) is 0 Å². The Kier molecular flexibility index (Phi) is 7.78. The van der Waals surface area contributed by atoms with E-state index in [0.29, 0.717) is 5.92 Å². The maximum atomic E-state index is 4.65. The summed E-state index contributed by atoms with van der Waals surface area (Å²) in [6.45, 7) is 3.05. The van der Waals surface area contributed by atoms with Gasteiger partial charge in [0.25, 0.3) is 0 Å². The minimum Gasteiger partial charge on any atom is -0.349 e. The molecule has 1 unspecified atom stereocenters. The van der Waals surface area contributed by atoms with Crippen LogP contribution < -0.4 is 0 Å². The van der Waals surface area contributed by atoms with E-state index in [2.05, 4.69) is 28.7 Å². The topological polar surface area (TPSA) is 18.8 Å². The summed E-state index contributed by atoms with van der Waals surface area (Å²) in [7, 11) is 8.09. The first kappa shape index (κ1) is 16.7. The molecule has 0 amide bonds. The Morgan fingerprint density at radius 2 is 1.88 bits per heavy atom. The molecule has 0 bridgehead atoms. The fourth-order valence-electron chi connectivity index (χ4n) is 1.56. The van der Waals surface area contributed by atoms with Gasteiger partial charge < -0.3 is 9.80 Å². The fourth-order valence-corrected chi connectivity index (χ4v) is 2.34. The zero-order chi connectivity index (χ0) is 12.1. The second-order valence-corrected chi connectivity index (χ2v) is 5.17. The van der Waals surface area contributed by atoms with E-state index in [0.717, 1.165) is 12.5 Å². The van der Waals surface area contributed by atoms with Gasteiger partial charge in [0.2, 0.25) is 0 Å². The zero-order valence-electron chi connectivity index (χ0n) is 11.2. The predicted molar refractivity (Wildman–Crippen MR) is 87.8 cm³/mol. The molecule has 1 aromatic heterocycles. The Morgan fingerprint density at radius 3 is 2.29 bits per heavy atom. The first-order chi connectivity index (χ1) is 7.52. The maximum absolute atomic E-state index is 4.65. The Morgan fingerprint density at radius 1 is 1.29 bits per heavy atom. The fraction of sp³-hybridized carbons (Fsp3) is 0.583. The number of hydrogen-bond acceptors (Lipinski definition) is 2. The molecule has 0 spiro atoms. The third-order valence-corrected chi connectivity index (χ3v) is 3.12. The Labute approximate surface area is 126 Å². The summed E-state index contributed by atoms with van der Waals surface area (Å²) >= 11 is 1.75. The molecular formula is C12H22IN3S. The van der Waals surface area contributed by atoms with Crippen LogP contribution in [0.1, 0.15) is 18.4 Å². The zero-order valence-corrected chi connectivity index (χ0v) is 14.3. The molecular weight excluding hydrogens is 345 g/mol. The molecule has 1 aromatic rings. The average Bonchev–Trinajstić information content (AvgIpc) is 2.69. The van der Waals surface area contributed by atoms with Gasteiger partial charge in [0.15, 0.2) is 5.96 Å². The average molecular weight is 367 g/mol. The first-order valence-corrected chi connectivity index (χ1v) is 6.38. The van der Waals surface area contributed by atoms with Crippen LogP contribution in [0.2, 0.25) is 0 Å². The number of thiophene rings is 1. The first-order valence-electron chi connectivity index (χ1n) is 5.43. The predicted octanol–water partition coefficient (Wildman–Crippen LogP) is 2.95. The van der Waals surface area contributed by atoms with E-state index in [9.17, 15) is 0 Å². The van der Waals surface area contributed by atoms with Crippen molar-refractivity contribution in [2.24, 2.45) is 4.99 Å². The van der Waals surface area contributed by atoms with Gasteiger partial charge in [-0.1, -0.05) is 6.92 Å². The van der Waals surface area contributed by atoms with Crippen LogP contribution >= 0.6 is 35.3 Å². The summed E-state index contributed by atoms with van der Waals surface area (Å²) in [5, 5.41) is 4.32. The van der Waals surface area contributed by atoms with E-state index < -0.39 is 0 Å². The third kappa shape index (κ3) is 5.25.